The van der Waals surface area contributed by atoms with E-state index in [1.807, 2.05) is 49.4 Å². The van der Waals surface area contributed by atoms with Crippen LogP contribution in [0.15, 0.2) is 60.7 Å². The Kier molecular flexibility index (Phi) is 4.44. The molecule has 0 bridgehead atoms. The summed E-state index contributed by atoms with van der Waals surface area (Å²) >= 11 is 5.88. The highest BCUT2D eigenvalue weighted by molar-refractivity contribution is 6.30. The molecule has 0 radical (unpaired) electrons. The summed E-state index contributed by atoms with van der Waals surface area (Å²) in [6.45, 7) is 1.95. The molecular weight excluding hydrogens is 310 g/mol. The van der Waals surface area contributed by atoms with Gasteiger partial charge in [0, 0.05) is 10.6 Å². The minimum Gasteiger partial charge on any atom is -0.344 e. The predicted molar refractivity (Wildman–Crippen MR) is 91.4 cm³/mol. The molecule has 1 amide bonds. The van der Waals surface area contributed by atoms with Crippen molar-refractivity contribution in [2.75, 3.05) is 0 Å². The van der Waals surface area contributed by atoms with Gasteiger partial charge in [0.15, 0.2) is 0 Å². The first-order chi connectivity index (χ1) is 11.1. The number of aromatic nitrogens is 2. The molecule has 2 aromatic carbocycles. The van der Waals surface area contributed by atoms with Gasteiger partial charge in [-0.15, -0.1) is 0 Å². The number of amides is 1. The first kappa shape index (κ1) is 15.3. The average molecular weight is 326 g/mol. The predicted octanol–water partition coefficient (Wildman–Crippen LogP) is 4.22. The molecular formula is C18H16ClN3O. The van der Waals surface area contributed by atoms with Crippen molar-refractivity contribution in [1.82, 2.24) is 15.5 Å². The molecule has 0 saturated carbocycles. The lowest BCUT2D eigenvalue weighted by molar-refractivity contribution is 0.0935. The second kappa shape index (κ2) is 6.67. The zero-order valence-electron chi connectivity index (χ0n) is 12.6. The summed E-state index contributed by atoms with van der Waals surface area (Å²) in [7, 11) is 0. The Morgan fingerprint density at radius 2 is 1.83 bits per heavy atom. The number of carbonyl (C=O) groups is 1. The Bertz CT molecular complexity index is 797. The van der Waals surface area contributed by atoms with E-state index in [1.54, 1.807) is 18.2 Å². The number of hydrogen-bond acceptors (Lipinski definition) is 2. The zero-order valence-corrected chi connectivity index (χ0v) is 13.3. The summed E-state index contributed by atoms with van der Waals surface area (Å²) in [5.74, 6) is -0.186. The molecule has 3 aromatic rings. The van der Waals surface area contributed by atoms with E-state index in [1.165, 1.54) is 0 Å². The molecule has 1 atom stereocenters. The van der Waals surface area contributed by atoms with Crippen LogP contribution in [-0.2, 0) is 0 Å². The van der Waals surface area contributed by atoms with Crippen molar-refractivity contribution in [2.24, 2.45) is 0 Å². The Balaban J connectivity index is 1.72. The van der Waals surface area contributed by atoms with Crippen molar-refractivity contribution < 1.29 is 4.79 Å². The molecule has 5 heteroatoms. The second-order valence-corrected chi connectivity index (χ2v) is 5.72. The normalized spacial score (nSPS) is 11.9. The van der Waals surface area contributed by atoms with Crippen LogP contribution in [0, 0.1) is 0 Å². The average Bonchev–Trinajstić information content (AvgIpc) is 3.06. The molecule has 1 aromatic heterocycles. The van der Waals surface area contributed by atoms with Gasteiger partial charge in [-0.2, -0.15) is 5.10 Å². The van der Waals surface area contributed by atoms with Gasteiger partial charge in [0.05, 0.1) is 11.7 Å². The van der Waals surface area contributed by atoms with Crippen LogP contribution < -0.4 is 5.32 Å². The third-order valence-corrected chi connectivity index (χ3v) is 3.86. The molecule has 0 aliphatic carbocycles. The first-order valence-corrected chi connectivity index (χ1v) is 7.68. The topological polar surface area (TPSA) is 57.8 Å². The summed E-state index contributed by atoms with van der Waals surface area (Å²) in [5, 5.41) is 10.6. The van der Waals surface area contributed by atoms with E-state index in [0.717, 1.165) is 11.1 Å². The van der Waals surface area contributed by atoms with Crippen LogP contribution in [0.2, 0.25) is 5.02 Å². The van der Waals surface area contributed by atoms with E-state index in [0.29, 0.717) is 16.4 Å². The van der Waals surface area contributed by atoms with Crippen molar-refractivity contribution in [3.63, 3.8) is 0 Å². The largest absolute Gasteiger partial charge is 0.344 e. The molecule has 1 unspecified atom stereocenters. The van der Waals surface area contributed by atoms with E-state index in [-0.39, 0.29) is 11.9 Å². The summed E-state index contributed by atoms with van der Waals surface area (Å²) in [5.41, 5.74) is 3.09. The fourth-order valence-electron chi connectivity index (χ4n) is 2.31. The molecule has 3 rings (SSSR count). The van der Waals surface area contributed by atoms with Gasteiger partial charge in [-0.3, -0.25) is 9.89 Å². The maximum Gasteiger partial charge on any atom is 0.269 e. The van der Waals surface area contributed by atoms with Gasteiger partial charge >= 0.3 is 0 Å². The number of carbonyl (C=O) groups excluding carboxylic acids is 1. The van der Waals surface area contributed by atoms with E-state index in [4.69, 9.17) is 11.6 Å². The highest BCUT2D eigenvalue weighted by atomic mass is 35.5. The number of nitrogens with one attached hydrogen (secondary N) is 2. The fraction of sp³-hybridized carbons (Fsp3) is 0.111. The van der Waals surface area contributed by atoms with Crippen molar-refractivity contribution >= 4 is 17.5 Å². The Hall–Kier alpha value is -2.59. The van der Waals surface area contributed by atoms with Crippen LogP contribution in [0.3, 0.4) is 0 Å². The number of rotatable bonds is 4. The van der Waals surface area contributed by atoms with Crippen LogP contribution in [0.4, 0.5) is 0 Å². The van der Waals surface area contributed by atoms with Crippen molar-refractivity contribution in [2.45, 2.75) is 13.0 Å². The van der Waals surface area contributed by atoms with Crippen LogP contribution in [0.1, 0.15) is 29.0 Å². The molecule has 116 valence electrons. The summed E-state index contributed by atoms with van der Waals surface area (Å²) in [4.78, 5) is 12.3. The first-order valence-electron chi connectivity index (χ1n) is 7.30. The van der Waals surface area contributed by atoms with E-state index in [9.17, 15) is 4.79 Å². The molecule has 0 aliphatic rings. The minimum atomic E-state index is -0.186. The number of aromatic amines is 1. The van der Waals surface area contributed by atoms with Gasteiger partial charge in [0.1, 0.15) is 5.69 Å². The van der Waals surface area contributed by atoms with E-state index < -0.39 is 0 Å². The standard InChI is InChI=1S/C18H16ClN3O/c1-12(13-5-3-2-4-6-13)20-18(23)17-11-16(21-22-17)14-7-9-15(19)10-8-14/h2-12H,1H3,(H,20,23)(H,21,22). The molecule has 1 heterocycles. The zero-order chi connectivity index (χ0) is 16.2. The van der Waals surface area contributed by atoms with Gasteiger partial charge in [0.25, 0.3) is 5.91 Å². The Labute approximate surface area is 139 Å². The van der Waals surface area contributed by atoms with Gasteiger partial charge in [0.2, 0.25) is 0 Å². The van der Waals surface area contributed by atoms with Crippen molar-refractivity contribution in [3.8, 4) is 11.3 Å². The molecule has 2 N–H and O–H groups in total. The lowest BCUT2D eigenvalue weighted by Crippen LogP contribution is -2.26. The quantitative estimate of drug-likeness (QED) is 0.754. The summed E-state index contributed by atoms with van der Waals surface area (Å²) in [6.07, 6.45) is 0. The highest BCUT2D eigenvalue weighted by Gasteiger charge is 2.14. The maximum absolute atomic E-state index is 12.3. The number of H-pyrrole nitrogens is 1. The smallest absolute Gasteiger partial charge is 0.269 e. The third-order valence-electron chi connectivity index (χ3n) is 3.61. The highest BCUT2D eigenvalue weighted by Crippen LogP contribution is 2.20. The summed E-state index contributed by atoms with van der Waals surface area (Å²) in [6, 6.07) is 18.8. The number of nitrogens with zero attached hydrogens (tertiary/aromatic N) is 1. The van der Waals surface area contributed by atoms with Crippen LogP contribution in [-0.4, -0.2) is 16.1 Å². The van der Waals surface area contributed by atoms with E-state index in [2.05, 4.69) is 15.5 Å². The van der Waals surface area contributed by atoms with Gasteiger partial charge < -0.3 is 5.32 Å². The SMILES string of the molecule is CC(NC(=O)c1cc(-c2ccc(Cl)cc2)n[nH]1)c1ccccc1. The van der Waals surface area contributed by atoms with E-state index >= 15 is 0 Å². The van der Waals surface area contributed by atoms with Gasteiger partial charge in [-0.1, -0.05) is 54.1 Å². The molecule has 0 spiro atoms. The molecule has 0 fully saturated rings. The fourth-order valence-corrected chi connectivity index (χ4v) is 2.43. The maximum atomic E-state index is 12.3. The minimum absolute atomic E-state index is 0.0778. The molecule has 0 saturated heterocycles. The Morgan fingerprint density at radius 3 is 2.52 bits per heavy atom. The molecule has 23 heavy (non-hydrogen) atoms. The molecule has 4 nitrogen and oxygen atoms in total. The monoisotopic (exact) mass is 325 g/mol. The lowest BCUT2D eigenvalue weighted by Gasteiger charge is -2.13. The van der Waals surface area contributed by atoms with Crippen LogP contribution in [0.5, 0.6) is 0 Å². The third kappa shape index (κ3) is 3.60. The second-order valence-electron chi connectivity index (χ2n) is 5.28. The number of hydrogen-bond donors (Lipinski definition) is 2. The van der Waals surface area contributed by atoms with Gasteiger partial charge in [-0.05, 0) is 30.7 Å². The lowest BCUT2D eigenvalue weighted by atomic mass is 10.1. The molecule has 0 aliphatic heterocycles. The van der Waals surface area contributed by atoms with Crippen molar-refractivity contribution in [3.05, 3.63) is 76.9 Å². The Morgan fingerprint density at radius 1 is 1.13 bits per heavy atom. The van der Waals surface area contributed by atoms with Crippen LogP contribution >= 0.6 is 11.6 Å². The number of benzene rings is 2. The van der Waals surface area contributed by atoms with Crippen molar-refractivity contribution in [1.29, 1.82) is 0 Å². The van der Waals surface area contributed by atoms with Crippen LogP contribution in [0.25, 0.3) is 11.3 Å². The summed E-state index contributed by atoms with van der Waals surface area (Å²) < 4.78 is 0. The number of halogens is 1. The van der Waals surface area contributed by atoms with Gasteiger partial charge in [-0.25, -0.2) is 0 Å².